The van der Waals surface area contributed by atoms with E-state index in [1.807, 2.05) is 6.92 Å². The first kappa shape index (κ1) is 17.0. The smallest absolute Gasteiger partial charge is 0.130 e. The maximum absolute atomic E-state index is 4.71. The molecular weight excluding hydrogens is 324 g/mol. The standard InChI is InChI=1S/C20H26N6/c1-12-4-5-16-18(10-12)26-20(25-16)13(2)22-19-11-17(23-14(3)24-19)15-6-8-21-9-7-15/h4-5,10-11,13,15,21H,6-9H2,1-3H3,(H,25,26)(H,22,23,24). The van der Waals surface area contributed by atoms with Gasteiger partial charge in [-0.1, -0.05) is 6.07 Å². The second-order valence-corrected chi connectivity index (χ2v) is 7.26. The van der Waals surface area contributed by atoms with E-state index in [2.05, 4.69) is 63.7 Å². The van der Waals surface area contributed by atoms with Gasteiger partial charge in [-0.05, 0) is 64.4 Å². The first-order chi connectivity index (χ1) is 12.6. The third kappa shape index (κ3) is 3.55. The Balaban J connectivity index is 1.56. The van der Waals surface area contributed by atoms with Gasteiger partial charge in [0.05, 0.1) is 17.1 Å². The van der Waals surface area contributed by atoms with Crippen LogP contribution in [0.3, 0.4) is 0 Å². The van der Waals surface area contributed by atoms with Crippen molar-refractivity contribution in [3.8, 4) is 0 Å². The Kier molecular flexibility index (Phi) is 4.59. The molecule has 3 N–H and O–H groups in total. The Morgan fingerprint density at radius 3 is 2.69 bits per heavy atom. The number of aryl methyl sites for hydroxylation is 2. The number of fused-ring (bicyclic) bond motifs is 1. The van der Waals surface area contributed by atoms with Crippen LogP contribution in [0.15, 0.2) is 24.3 Å². The van der Waals surface area contributed by atoms with E-state index in [9.17, 15) is 0 Å². The van der Waals surface area contributed by atoms with Gasteiger partial charge in [0.15, 0.2) is 0 Å². The van der Waals surface area contributed by atoms with Gasteiger partial charge in [-0.2, -0.15) is 0 Å². The van der Waals surface area contributed by atoms with Gasteiger partial charge in [0.25, 0.3) is 0 Å². The zero-order valence-corrected chi connectivity index (χ0v) is 15.6. The van der Waals surface area contributed by atoms with Crippen molar-refractivity contribution in [1.82, 2.24) is 25.3 Å². The summed E-state index contributed by atoms with van der Waals surface area (Å²) in [5.41, 5.74) is 4.44. The van der Waals surface area contributed by atoms with Crippen molar-refractivity contribution in [2.45, 2.75) is 45.6 Å². The monoisotopic (exact) mass is 350 g/mol. The van der Waals surface area contributed by atoms with Gasteiger partial charge in [0.2, 0.25) is 0 Å². The van der Waals surface area contributed by atoms with Gasteiger partial charge in [-0.25, -0.2) is 15.0 Å². The summed E-state index contributed by atoms with van der Waals surface area (Å²) < 4.78 is 0. The predicted molar refractivity (Wildman–Crippen MR) is 104 cm³/mol. The van der Waals surface area contributed by atoms with Crippen LogP contribution in [-0.4, -0.2) is 33.0 Å². The summed E-state index contributed by atoms with van der Waals surface area (Å²) in [7, 11) is 0. The number of hydrogen-bond acceptors (Lipinski definition) is 5. The van der Waals surface area contributed by atoms with Crippen molar-refractivity contribution >= 4 is 16.9 Å². The number of anilines is 1. The van der Waals surface area contributed by atoms with Crippen molar-refractivity contribution in [2.24, 2.45) is 0 Å². The van der Waals surface area contributed by atoms with E-state index in [-0.39, 0.29) is 6.04 Å². The first-order valence-electron chi connectivity index (χ1n) is 9.37. The zero-order valence-electron chi connectivity index (χ0n) is 15.6. The van der Waals surface area contributed by atoms with Crippen LogP contribution in [0.25, 0.3) is 11.0 Å². The van der Waals surface area contributed by atoms with Crippen molar-refractivity contribution in [3.05, 3.63) is 47.2 Å². The number of aromatic nitrogens is 4. The third-order valence-electron chi connectivity index (χ3n) is 5.05. The zero-order chi connectivity index (χ0) is 18.1. The molecular formula is C20H26N6. The van der Waals surface area contributed by atoms with Crippen molar-refractivity contribution in [1.29, 1.82) is 0 Å². The van der Waals surface area contributed by atoms with E-state index in [0.29, 0.717) is 5.92 Å². The average Bonchev–Trinajstić information content (AvgIpc) is 3.05. The number of nitrogens with one attached hydrogen (secondary N) is 3. The maximum Gasteiger partial charge on any atom is 0.130 e. The molecule has 136 valence electrons. The Labute approximate surface area is 153 Å². The van der Waals surface area contributed by atoms with Crippen LogP contribution >= 0.6 is 0 Å². The summed E-state index contributed by atoms with van der Waals surface area (Å²) in [6.45, 7) is 8.28. The Hall–Kier alpha value is -2.47. The van der Waals surface area contributed by atoms with Gasteiger partial charge >= 0.3 is 0 Å². The molecule has 0 aliphatic carbocycles. The molecule has 6 nitrogen and oxygen atoms in total. The molecule has 4 rings (SSSR count). The first-order valence-corrected chi connectivity index (χ1v) is 9.37. The van der Waals surface area contributed by atoms with Crippen molar-refractivity contribution in [2.75, 3.05) is 18.4 Å². The number of benzene rings is 1. The van der Waals surface area contributed by atoms with Crippen LogP contribution in [0.2, 0.25) is 0 Å². The molecule has 6 heteroatoms. The fourth-order valence-corrected chi connectivity index (χ4v) is 3.63. The second kappa shape index (κ2) is 7.03. The maximum atomic E-state index is 4.71. The molecule has 1 unspecified atom stereocenters. The number of aromatic amines is 1. The fourth-order valence-electron chi connectivity index (χ4n) is 3.63. The molecule has 0 radical (unpaired) electrons. The molecule has 1 atom stereocenters. The van der Waals surface area contributed by atoms with Crippen LogP contribution in [-0.2, 0) is 0 Å². The molecule has 1 saturated heterocycles. The molecule has 1 aromatic carbocycles. The van der Waals surface area contributed by atoms with Crippen molar-refractivity contribution in [3.63, 3.8) is 0 Å². The molecule has 2 aromatic heterocycles. The molecule has 26 heavy (non-hydrogen) atoms. The Morgan fingerprint density at radius 2 is 1.88 bits per heavy atom. The van der Waals surface area contributed by atoms with E-state index in [1.54, 1.807) is 0 Å². The molecule has 0 spiro atoms. The Morgan fingerprint density at radius 1 is 1.08 bits per heavy atom. The van der Waals surface area contributed by atoms with E-state index in [1.165, 1.54) is 5.56 Å². The summed E-state index contributed by atoms with van der Waals surface area (Å²) in [5, 5.41) is 6.91. The van der Waals surface area contributed by atoms with E-state index in [0.717, 1.165) is 60.1 Å². The van der Waals surface area contributed by atoms with Gasteiger partial charge < -0.3 is 15.6 Å². The molecule has 1 fully saturated rings. The highest BCUT2D eigenvalue weighted by atomic mass is 15.1. The minimum Gasteiger partial charge on any atom is -0.360 e. The van der Waals surface area contributed by atoms with Gasteiger partial charge in [0, 0.05) is 17.7 Å². The summed E-state index contributed by atoms with van der Waals surface area (Å²) in [4.78, 5) is 17.4. The highest BCUT2D eigenvalue weighted by Gasteiger charge is 2.19. The lowest BCUT2D eigenvalue weighted by molar-refractivity contribution is 0.452. The molecule has 0 bridgehead atoms. The van der Waals surface area contributed by atoms with Gasteiger partial charge in [-0.3, -0.25) is 0 Å². The topological polar surface area (TPSA) is 78.5 Å². The second-order valence-electron chi connectivity index (χ2n) is 7.26. The van der Waals surface area contributed by atoms with Crippen LogP contribution in [0.5, 0.6) is 0 Å². The predicted octanol–water partition coefficient (Wildman–Crippen LogP) is 3.61. The van der Waals surface area contributed by atoms with Crippen LogP contribution < -0.4 is 10.6 Å². The minimum absolute atomic E-state index is 0.0397. The molecule has 1 aliphatic heterocycles. The van der Waals surface area contributed by atoms with Crippen molar-refractivity contribution < 1.29 is 0 Å². The van der Waals surface area contributed by atoms with E-state index in [4.69, 9.17) is 4.98 Å². The van der Waals surface area contributed by atoms with Crippen LogP contribution in [0.4, 0.5) is 5.82 Å². The largest absolute Gasteiger partial charge is 0.360 e. The average molecular weight is 350 g/mol. The quantitative estimate of drug-likeness (QED) is 0.670. The number of piperidine rings is 1. The minimum atomic E-state index is 0.0397. The van der Waals surface area contributed by atoms with Crippen LogP contribution in [0.1, 0.15) is 54.6 Å². The highest BCUT2D eigenvalue weighted by molar-refractivity contribution is 5.76. The fraction of sp³-hybridized carbons (Fsp3) is 0.450. The van der Waals surface area contributed by atoms with E-state index >= 15 is 0 Å². The van der Waals surface area contributed by atoms with Crippen LogP contribution in [0, 0.1) is 13.8 Å². The number of H-pyrrole nitrogens is 1. The molecule has 0 saturated carbocycles. The lowest BCUT2D eigenvalue weighted by Gasteiger charge is -2.23. The summed E-state index contributed by atoms with van der Waals surface area (Å²) in [6.07, 6.45) is 2.27. The molecule has 1 aliphatic rings. The van der Waals surface area contributed by atoms with Gasteiger partial charge in [-0.15, -0.1) is 0 Å². The number of rotatable bonds is 4. The lowest BCUT2D eigenvalue weighted by atomic mass is 9.94. The van der Waals surface area contributed by atoms with E-state index < -0.39 is 0 Å². The summed E-state index contributed by atoms with van der Waals surface area (Å²) in [6, 6.07) is 8.42. The SMILES string of the molecule is Cc1ccc2nc(C(C)Nc3cc(C4CCNCC4)nc(C)n3)[nH]c2c1. The summed E-state index contributed by atoms with van der Waals surface area (Å²) >= 11 is 0. The molecule has 3 heterocycles. The summed E-state index contributed by atoms with van der Waals surface area (Å²) in [5.74, 6) is 3.12. The lowest BCUT2D eigenvalue weighted by Crippen LogP contribution is -2.27. The molecule has 3 aromatic rings. The number of hydrogen-bond donors (Lipinski definition) is 3. The third-order valence-corrected chi connectivity index (χ3v) is 5.05. The Bertz CT molecular complexity index is 910. The number of imidazole rings is 1. The normalized spacial score (nSPS) is 16.7. The molecule has 0 amide bonds. The van der Waals surface area contributed by atoms with Gasteiger partial charge in [0.1, 0.15) is 17.5 Å². The number of nitrogens with zero attached hydrogens (tertiary/aromatic N) is 3. The highest BCUT2D eigenvalue weighted by Crippen LogP contribution is 2.26.